The van der Waals surface area contributed by atoms with E-state index >= 15 is 0 Å². The third-order valence-electron chi connectivity index (χ3n) is 6.14. The fourth-order valence-electron chi connectivity index (χ4n) is 3.91. The molecule has 2 unspecified atom stereocenters. The molecule has 11 heteroatoms. The number of ether oxygens (including phenoxy) is 3. The van der Waals surface area contributed by atoms with Crippen molar-refractivity contribution in [2.75, 3.05) is 44.6 Å². The highest BCUT2D eigenvalue weighted by Crippen LogP contribution is 2.24. The average Bonchev–Trinajstić information content (AvgIpc) is 3.32. The average molecular weight is 482 g/mol. The first kappa shape index (κ1) is 24.3. The molecule has 1 fully saturated rings. The van der Waals surface area contributed by atoms with E-state index in [0.29, 0.717) is 46.8 Å². The first-order valence-electron chi connectivity index (χ1n) is 11.4. The summed E-state index contributed by atoms with van der Waals surface area (Å²) in [5, 5.41) is 9.60. The van der Waals surface area contributed by atoms with E-state index in [9.17, 15) is 4.79 Å². The van der Waals surface area contributed by atoms with Crippen molar-refractivity contribution < 1.29 is 19.0 Å². The van der Waals surface area contributed by atoms with Crippen LogP contribution in [0.2, 0.25) is 0 Å². The van der Waals surface area contributed by atoms with Gasteiger partial charge in [0.2, 0.25) is 11.8 Å². The quantitative estimate of drug-likeness (QED) is 0.500. The standard InChI is InChI=1S/C24H31N7O4/c1-15-12-31(13-16(2)30(15)3)24-25-10-18(11-26-24)23(32)27-21-9-22(29-28-21)35-14-17-6-19(33-4)8-20(7-17)34-5/h6-11,15-16H,12-14H2,1-5H3,(H2,27,28,29,32). The predicted octanol–water partition coefficient (Wildman–Crippen LogP) is 2.58. The number of nitrogens with one attached hydrogen (secondary N) is 2. The van der Waals surface area contributed by atoms with Crippen LogP contribution in [0, 0.1) is 0 Å². The Morgan fingerprint density at radius 2 is 1.69 bits per heavy atom. The Hall–Kier alpha value is -3.86. The highest BCUT2D eigenvalue weighted by molar-refractivity contribution is 6.03. The molecule has 0 saturated carbocycles. The van der Waals surface area contributed by atoms with Gasteiger partial charge in [-0.2, -0.15) is 0 Å². The molecule has 1 amide bonds. The number of likely N-dealkylation sites (N-methyl/N-ethyl adjacent to an activating group) is 1. The van der Waals surface area contributed by atoms with Crippen molar-refractivity contribution in [2.24, 2.45) is 0 Å². The van der Waals surface area contributed by atoms with Gasteiger partial charge in [-0.15, -0.1) is 5.10 Å². The first-order chi connectivity index (χ1) is 16.9. The minimum atomic E-state index is -0.343. The lowest BCUT2D eigenvalue weighted by molar-refractivity contribution is 0.102. The van der Waals surface area contributed by atoms with Crippen LogP contribution in [0.5, 0.6) is 17.4 Å². The molecule has 11 nitrogen and oxygen atoms in total. The van der Waals surface area contributed by atoms with Crippen LogP contribution in [0.3, 0.4) is 0 Å². The molecule has 186 valence electrons. The second-order valence-electron chi connectivity index (χ2n) is 8.62. The number of hydrogen-bond donors (Lipinski definition) is 2. The van der Waals surface area contributed by atoms with Crippen molar-refractivity contribution in [3.8, 4) is 17.4 Å². The van der Waals surface area contributed by atoms with Crippen molar-refractivity contribution >= 4 is 17.7 Å². The molecule has 3 aromatic rings. The molecule has 0 aliphatic carbocycles. The number of rotatable bonds is 8. The molecule has 1 aliphatic rings. The van der Waals surface area contributed by atoms with Crippen LogP contribution in [0.1, 0.15) is 29.8 Å². The van der Waals surface area contributed by atoms with Gasteiger partial charge in [-0.3, -0.25) is 14.8 Å². The molecule has 2 atom stereocenters. The molecule has 35 heavy (non-hydrogen) atoms. The summed E-state index contributed by atoms with van der Waals surface area (Å²) in [4.78, 5) is 26.0. The lowest BCUT2D eigenvalue weighted by atomic mass is 10.1. The third kappa shape index (κ3) is 5.80. The lowest BCUT2D eigenvalue weighted by Crippen LogP contribution is -2.55. The van der Waals surface area contributed by atoms with E-state index in [1.807, 2.05) is 12.1 Å². The molecule has 2 aromatic heterocycles. The number of amides is 1. The maximum Gasteiger partial charge on any atom is 0.259 e. The largest absolute Gasteiger partial charge is 0.497 e. The Bertz CT molecular complexity index is 1120. The summed E-state index contributed by atoms with van der Waals surface area (Å²) in [6, 6.07) is 7.89. The smallest absolute Gasteiger partial charge is 0.259 e. The van der Waals surface area contributed by atoms with Gasteiger partial charge in [0.25, 0.3) is 5.91 Å². The lowest BCUT2D eigenvalue weighted by Gasteiger charge is -2.42. The Labute approximate surface area is 204 Å². The van der Waals surface area contributed by atoms with Crippen molar-refractivity contribution in [1.29, 1.82) is 0 Å². The van der Waals surface area contributed by atoms with Gasteiger partial charge in [0, 0.05) is 49.7 Å². The maximum atomic E-state index is 12.7. The van der Waals surface area contributed by atoms with Gasteiger partial charge < -0.3 is 24.4 Å². The SMILES string of the molecule is COc1cc(COc2cc(NC(=O)c3cnc(N4CC(C)N(C)C(C)C4)nc3)[nH]n2)cc(OC)c1. The van der Waals surface area contributed by atoms with Gasteiger partial charge >= 0.3 is 0 Å². The topological polar surface area (TPSA) is 118 Å². The number of piperazine rings is 1. The second kappa shape index (κ2) is 10.6. The van der Waals surface area contributed by atoms with Crippen LogP contribution in [0.4, 0.5) is 11.8 Å². The fraction of sp³-hybridized carbons (Fsp3) is 0.417. The van der Waals surface area contributed by atoms with Crippen molar-refractivity contribution in [2.45, 2.75) is 32.5 Å². The predicted molar refractivity (Wildman–Crippen MR) is 131 cm³/mol. The van der Waals surface area contributed by atoms with E-state index in [-0.39, 0.29) is 12.5 Å². The Balaban J connectivity index is 1.33. The van der Waals surface area contributed by atoms with E-state index in [2.05, 4.69) is 56.2 Å². The number of carbonyl (C=O) groups is 1. The van der Waals surface area contributed by atoms with E-state index in [1.165, 1.54) is 12.4 Å². The summed E-state index contributed by atoms with van der Waals surface area (Å²) >= 11 is 0. The number of nitrogens with zero attached hydrogens (tertiary/aromatic N) is 5. The Kier molecular flexibility index (Phi) is 7.35. The highest BCUT2D eigenvalue weighted by atomic mass is 16.5. The Morgan fingerprint density at radius 1 is 1.06 bits per heavy atom. The molecule has 2 N–H and O–H groups in total. The van der Waals surface area contributed by atoms with Gasteiger partial charge in [0.05, 0.1) is 19.8 Å². The molecule has 4 rings (SSSR count). The van der Waals surface area contributed by atoms with Crippen molar-refractivity contribution in [3.05, 3.63) is 47.8 Å². The summed E-state index contributed by atoms with van der Waals surface area (Å²) in [7, 11) is 5.31. The monoisotopic (exact) mass is 481 g/mol. The summed E-state index contributed by atoms with van der Waals surface area (Å²) < 4.78 is 16.3. The zero-order valence-electron chi connectivity index (χ0n) is 20.6. The molecule has 1 aliphatic heterocycles. The summed E-state index contributed by atoms with van der Waals surface area (Å²) in [5.41, 5.74) is 1.21. The number of methoxy groups -OCH3 is 2. The van der Waals surface area contributed by atoms with Gasteiger partial charge in [-0.25, -0.2) is 9.97 Å². The Morgan fingerprint density at radius 3 is 2.29 bits per heavy atom. The third-order valence-corrected chi connectivity index (χ3v) is 6.14. The van der Waals surface area contributed by atoms with Crippen LogP contribution >= 0.6 is 0 Å². The zero-order valence-corrected chi connectivity index (χ0v) is 20.6. The van der Waals surface area contributed by atoms with Crippen LogP contribution in [-0.2, 0) is 6.61 Å². The number of H-pyrrole nitrogens is 1. The maximum absolute atomic E-state index is 12.7. The molecule has 3 heterocycles. The zero-order chi connectivity index (χ0) is 24.9. The fourth-order valence-corrected chi connectivity index (χ4v) is 3.91. The number of aromatic nitrogens is 4. The van der Waals surface area contributed by atoms with Crippen molar-refractivity contribution in [3.63, 3.8) is 0 Å². The second-order valence-corrected chi connectivity index (χ2v) is 8.62. The van der Waals surface area contributed by atoms with E-state index < -0.39 is 0 Å². The number of aromatic amines is 1. The van der Waals surface area contributed by atoms with E-state index in [1.54, 1.807) is 26.4 Å². The van der Waals surface area contributed by atoms with Gasteiger partial charge in [0.1, 0.15) is 23.9 Å². The van der Waals surface area contributed by atoms with Gasteiger partial charge in [-0.05, 0) is 38.6 Å². The molecule has 0 radical (unpaired) electrons. The highest BCUT2D eigenvalue weighted by Gasteiger charge is 2.28. The summed E-state index contributed by atoms with van der Waals surface area (Å²) in [6.07, 6.45) is 3.07. The van der Waals surface area contributed by atoms with Gasteiger partial charge in [-0.1, -0.05) is 0 Å². The van der Waals surface area contributed by atoms with E-state index in [4.69, 9.17) is 14.2 Å². The molecule has 0 spiro atoms. The van der Waals surface area contributed by atoms with Crippen molar-refractivity contribution in [1.82, 2.24) is 25.1 Å². The number of anilines is 2. The van der Waals surface area contributed by atoms with Crippen LogP contribution in [-0.4, -0.2) is 77.4 Å². The van der Waals surface area contributed by atoms with Crippen LogP contribution in [0.25, 0.3) is 0 Å². The molecule has 0 bridgehead atoms. The minimum Gasteiger partial charge on any atom is -0.497 e. The normalized spacial score (nSPS) is 18.3. The number of hydrogen-bond acceptors (Lipinski definition) is 9. The van der Waals surface area contributed by atoms with E-state index in [0.717, 1.165) is 18.7 Å². The van der Waals surface area contributed by atoms with Gasteiger partial charge in [0.15, 0.2) is 0 Å². The van der Waals surface area contributed by atoms with Crippen LogP contribution < -0.4 is 24.4 Å². The first-order valence-corrected chi connectivity index (χ1v) is 11.4. The number of carbonyl (C=O) groups excluding carboxylic acids is 1. The molecular formula is C24H31N7O4. The van der Waals surface area contributed by atoms with Crippen LogP contribution in [0.15, 0.2) is 36.7 Å². The summed E-state index contributed by atoms with van der Waals surface area (Å²) in [5.74, 6) is 2.36. The minimum absolute atomic E-state index is 0.255. The number of benzene rings is 1. The molecular weight excluding hydrogens is 450 g/mol. The summed E-state index contributed by atoms with van der Waals surface area (Å²) in [6.45, 7) is 6.29. The molecule has 1 aromatic carbocycles. The molecule has 1 saturated heterocycles.